The second kappa shape index (κ2) is 9.32. The number of benzene rings is 1. The number of thioether (sulfide) groups is 1. The number of morpholine rings is 1. The molecule has 2 aromatic rings. The molecule has 0 saturated carbocycles. The number of aromatic nitrogens is 2. The molecule has 2 aliphatic rings. The molecule has 3 heterocycles. The van der Waals surface area contributed by atoms with Crippen LogP contribution in [-0.2, 0) is 9.53 Å². The summed E-state index contributed by atoms with van der Waals surface area (Å²) in [6, 6.07) is 10.4. The molecular weight excluding hydrogens is 388 g/mol. The fourth-order valence-corrected chi connectivity index (χ4v) is 3.89. The van der Waals surface area contributed by atoms with E-state index in [-0.39, 0.29) is 0 Å². The summed E-state index contributed by atoms with van der Waals surface area (Å²) in [6.07, 6.45) is 2.89. The molecule has 2 fully saturated rings. The van der Waals surface area contributed by atoms with Crippen LogP contribution in [0.15, 0.2) is 35.5 Å². The van der Waals surface area contributed by atoms with Crippen molar-refractivity contribution in [1.29, 1.82) is 0 Å². The Bertz CT molecular complexity index is 820. The zero-order chi connectivity index (χ0) is 20.1. The Kier molecular flexibility index (Phi) is 6.36. The first-order valence-corrected chi connectivity index (χ1v) is 11.0. The van der Waals surface area contributed by atoms with E-state index in [4.69, 9.17) is 4.74 Å². The van der Waals surface area contributed by atoms with Crippen LogP contribution in [0.3, 0.4) is 0 Å². The smallest absolute Gasteiger partial charge is 0.209 e. The van der Waals surface area contributed by atoms with E-state index in [2.05, 4.69) is 49.4 Å². The van der Waals surface area contributed by atoms with Crippen molar-refractivity contribution in [2.24, 2.45) is 0 Å². The Balaban J connectivity index is 1.47. The van der Waals surface area contributed by atoms with Crippen molar-refractivity contribution in [1.82, 2.24) is 14.9 Å². The molecule has 1 aromatic heterocycles. The molecule has 0 spiro atoms. The highest BCUT2D eigenvalue weighted by molar-refractivity contribution is 7.98. The predicted molar refractivity (Wildman–Crippen MR) is 116 cm³/mol. The molecule has 0 radical (unpaired) electrons. The van der Waals surface area contributed by atoms with E-state index in [1.807, 2.05) is 12.3 Å². The second-order valence-corrected chi connectivity index (χ2v) is 7.77. The van der Waals surface area contributed by atoms with Crippen LogP contribution in [0.5, 0.6) is 0 Å². The predicted octanol–water partition coefficient (Wildman–Crippen LogP) is 2.06. The summed E-state index contributed by atoms with van der Waals surface area (Å²) in [5.41, 5.74) is 2.20. The van der Waals surface area contributed by atoms with E-state index in [0.717, 1.165) is 68.3 Å². The average Bonchev–Trinajstić information content (AvgIpc) is 2.80. The first-order chi connectivity index (χ1) is 14.2. The van der Waals surface area contributed by atoms with Gasteiger partial charge in [-0.3, -0.25) is 4.79 Å². The van der Waals surface area contributed by atoms with E-state index < -0.39 is 0 Å². The third-order valence-corrected chi connectivity index (χ3v) is 5.73. The lowest BCUT2D eigenvalue weighted by atomic mass is 10.2. The minimum Gasteiger partial charge on any atom is -0.378 e. The average molecular weight is 415 g/mol. The van der Waals surface area contributed by atoms with Crippen molar-refractivity contribution >= 4 is 41.2 Å². The normalized spacial score (nSPS) is 17.3. The second-order valence-electron chi connectivity index (χ2n) is 7.00. The molecule has 1 N–H and O–H groups in total. The zero-order valence-corrected chi connectivity index (χ0v) is 17.4. The highest BCUT2D eigenvalue weighted by Gasteiger charge is 2.18. The Hall–Kier alpha value is -2.52. The van der Waals surface area contributed by atoms with Crippen molar-refractivity contribution in [3.8, 4) is 0 Å². The van der Waals surface area contributed by atoms with Gasteiger partial charge < -0.3 is 24.8 Å². The van der Waals surface area contributed by atoms with E-state index in [1.54, 1.807) is 4.90 Å². The van der Waals surface area contributed by atoms with Gasteiger partial charge in [0.1, 0.15) is 11.6 Å². The number of rotatable bonds is 6. The van der Waals surface area contributed by atoms with Crippen LogP contribution >= 0.6 is 11.8 Å². The van der Waals surface area contributed by atoms with Crippen LogP contribution < -0.4 is 15.1 Å². The maximum Gasteiger partial charge on any atom is 0.209 e. The van der Waals surface area contributed by atoms with E-state index >= 15 is 0 Å². The van der Waals surface area contributed by atoms with Crippen molar-refractivity contribution in [2.45, 2.75) is 5.16 Å². The van der Waals surface area contributed by atoms with Gasteiger partial charge in [-0.1, -0.05) is 11.8 Å². The number of carbonyl (C=O) groups excluding carboxylic acids is 1. The Morgan fingerprint density at radius 2 is 1.72 bits per heavy atom. The Morgan fingerprint density at radius 3 is 2.38 bits per heavy atom. The molecule has 8 nitrogen and oxygen atoms in total. The maximum atomic E-state index is 10.9. The van der Waals surface area contributed by atoms with Crippen molar-refractivity contribution in [3.05, 3.63) is 30.3 Å². The quantitative estimate of drug-likeness (QED) is 0.437. The molecule has 0 atom stereocenters. The summed E-state index contributed by atoms with van der Waals surface area (Å²) in [6.45, 7) is 6.40. The summed E-state index contributed by atoms with van der Waals surface area (Å²) in [7, 11) is 0. The molecule has 2 saturated heterocycles. The molecule has 0 aliphatic carbocycles. The van der Waals surface area contributed by atoms with Crippen LogP contribution in [0.4, 0.5) is 23.0 Å². The fraction of sp³-hybridized carbons (Fsp3) is 0.450. The third kappa shape index (κ3) is 4.91. The van der Waals surface area contributed by atoms with Gasteiger partial charge in [0.15, 0.2) is 5.16 Å². The highest BCUT2D eigenvalue weighted by atomic mass is 32.2. The molecule has 2 aliphatic heterocycles. The van der Waals surface area contributed by atoms with Gasteiger partial charge in [0.25, 0.3) is 0 Å². The number of hydrogen-bond acceptors (Lipinski definition) is 8. The number of anilines is 4. The summed E-state index contributed by atoms with van der Waals surface area (Å²) < 4.78 is 5.43. The molecule has 1 aromatic carbocycles. The first-order valence-electron chi connectivity index (χ1n) is 9.82. The summed E-state index contributed by atoms with van der Waals surface area (Å²) in [5, 5.41) is 4.14. The van der Waals surface area contributed by atoms with Gasteiger partial charge in [-0.15, -0.1) is 0 Å². The number of nitrogens with one attached hydrogen (secondary N) is 1. The molecule has 0 unspecified atom stereocenters. The summed E-state index contributed by atoms with van der Waals surface area (Å²) >= 11 is 1.52. The molecule has 4 rings (SSSR count). The number of hydrogen-bond donors (Lipinski definition) is 1. The number of ether oxygens (including phenoxy) is 1. The zero-order valence-electron chi connectivity index (χ0n) is 16.6. The highest BCUT2D eigenvalue weighted by Crippen LogP contribution is 2.25. The minimum atomic E-state index is 0.716. The molecule has 0 bridgehead atoms. The van der Waals surface area contributed by atoms with Crippen LogP contribution in [0.2, 0.25) is 0 Å². The molecule has 29 heavy (non-hydrogen) atoms. The van der Waals surface area contributed by atoms with Crippen LogP contribution in [0.1, 0.15) is 0 Å². The van der Waals surface area contributed by atoms with Gasteiger partial charge in [0.05, 0.1) is 13.2 Å². The number of amides is 1. The van der Waals surface area contributed by atoms with Crippen LogP contribution in [0, 0.1) is 0 Å². The lowest BCUT2D eigenvalue weighted by Crippen LogP contribution is -2.46. The Morgan fingerprint density at radius 1 is 1.00 bits per heavy atom. The first kappa shape index (κ1) is 19.8. The number of nitrogens with zero attached hydrogens (tertiary/aromatic N) is 5. The van der Waals surface area contributed by atoms with Crippen LogP contribution in [0.25, 0.3) is 0 Å². The third-order valence-electron chi connectivity index (χ3n) is 5.18. The molecular formula is C20H26N6O2S. The Labute approximate surface area is 175 Å². The molecule has 154 valence electrons. The summed E-state index contributed by atoms with van der Waals surface area (Å²) in [4.78, 5) is 26.5. The van der Waals surface area contributed by atoms with Crippen LogP contribution in [-0.4, -0.2) is 80.0 Å². The monoisotopic (exact) mass is 414 g/mol. The minimum absolute atomic E-state index is 0.716. The number of piperazine rings is 1. The maximum absolute atomic E-state index is 10.9. The van der Waals surface area contributed by atoms with E-state index in [9.17, 15) is 4.79 Å². The van der Waals surface area contributed by atoms with Crippen molar-refractivity contribution in [3.63, 3.8) is 0 Å². The van der Waals surface area contributed by atoms with Gasteiger partial charge in [-0.2, -0.15) is 0 Å². The van der Waals surface area contributed by atoms with Gasteiger partial charge in [0.2, 0.25) is 6.41 Å². The standard InChI is InChI=1S/C20H26N6O2S/c1-29-20-22-18(14-19(23-20)26-8-6-24(15-27)7-9-26)21-16-2-4-17(5-3-16)25-10-12-28-13-11-25/h2-5,14-15H,6-13H2,1H3,(H,21,22,23). The SMILES string of the molecule is CSc1nc(Nc2ccc(N3CCOCC3)cc2)cc(N2CCN(C=O)CC2)n1. The van der Waals surface area contributed by atoms with Gasteiger partial charge in [-0.25, -0.2) is 9.97 Å². The molecule has 9 heteroatoms. The topological polar surface area (TPSA) is 73.8 Å². The lowest BCUT2D eigenvalue weighted by molar-refractivity contribution is -0.118. The van der Waals surface area contributed by atoms with Gasteiger partial charge in [-0.05, 0) is 30.5 Å². The molecule has 1 amide bonds. The summed E-state index contributed by atoms with van der Waals surface area (Å²) in [5.74, 6) is 1.67. The van der Waals surface area contributed by atoms with Crippen molar-refractivity contribution < 1.29 is 9.53 Å². The van der Waals surface area contributed by atoms with Gasteiger partial charge in [0, 0.05) is 56.7 Å². The van der Waals surface area contributed by atoms with Gasteiger partial charge >= 0.3 is 0 Å². The lowest BCUT2D eigenvalue weighted by Gasteiger charge is -2.33. The van der Waals surface area contributed by atoms with E-state index in [1.165, 1.54) is 17.4 Å². The number of carbonyl (C=O) groups is 1. The fourth-order valence-electron chi connectivity index (χ4n) is 3.51. The van der Waals surface area contributed by atoms with Crippen molar-refractivity contribution in [2.75, 3.05) is 73.9 Å². The largest absolute Gasteiger partial charge is 0.378 e. The van der Waals surface area contributed by atoms with E-state index in [0.29, 0.717) is 13.1 Å².